The van der Waals surface area contributed by atoms with E-state index in [1.54, 1.807) is 18.3 Å². The highest BCUT2D eigenvalue weighted by molar-refractivity contribution is 7.17. The van der Waals surface area contributed by atoms with Gasteiger partial charge >= 0.3 is 0 Å². The van der Waals surface area contributed by atoms with Gasteiger partial charge in [0.2, 0.25) is 5.43 Å². The maximum absolute atomic E-state index is 12.8. The molecule has 0 spiro atoms. The van der Waals surface area contributed by atoms with Gasteiger partial charge in [0.25, 0.3) is 0 Å². The fraction of sp³-hybridized carbons (Fsp3) is 0.208. The molecule has 3 aromatic heterocycles. The van der Waals surface area contributed by atoms with Crippen molar-refractivity contribution in [2.24, 2.45) is 0 Å². The maximum Gasteiger partial charge on any atom is 0.204 e. The number of ether oxygens (including phenoxy) is 1. The van der Waals surface area contributed by atoms with Crippen molar-refractivity contribution < 1.29 is 13.9 Å². The lowest BCUT2D eigenvalue weighted by Crippen LogP contribution is -2.36. The Kier molecular flexibility index (Phi) is 5.36. The number of carbonyl (C=O) groups excluding carboxylic acids is 1. The molecular formula is C24H20N2O4S. The summed E-state index contributed by atoms with van der Waals surface area (Å²) in [6, 6.07) is 14.5. The minimum Gasteiger partial charge on any atom is -0.439 e. The Morgan fingerprint density at radius 3 is 2.77 bits per heavy atom. The van der Waals surface area contributed by atoms with Gasteiger partial charge in [0.15, 0.2) is 17.3 Å². The zero-order valence-corrected chi connectivity index (χ0v) is 17.6. The van der Waals surface area contributed by atoms with Crippen molar-refractivity contribution in [3.05, 3.63) is 81.6 Å². The zero-order chi connectivity index (χ0) is 21.2. The summed E-state index contributed by atoms with van der Waals surface area (Å²) < 4.78 is 12.2. The molecule has 4 heterocycles. The Labute approximate surface area is 182 Å². The first-order valence-corrected chi connectivity index (χ1v) is 11.0. The molecule has 1 fully saturated rings. The van der Waals surface area contributed by atoms with E-state index >= 15 is 0 Å². The van der Waals surface area contributed by atoms with E-state index in [0.29, 0.717) is 48.0 Å². The molecule has 6 nitrogen and oxygen atoms in total. The summed E-state index contributed by atoms with van der Waals surface area (Å²) in [5.74, 6) is 0.554. The molecule has 4 aromatic rings. The molecule has 0 amide bonds. The van der Waals surface area contributed by atoms with Crippen LogP contribution in [0.25, 0.3) is 21.4 Å². The second kappa shape index (κ2) is 8.45. The van der Waals surface area contributed by atoms with Crippen LogP contribution in [0.3, 0.4) is 0 Å². The summed E-state index contributed by atoms with van der Waals surface area (Å²) in [5.41, 5.74) is 3.52. The molecule has 0 aliphatic carbocycles. The van der Waals surface area contributed by atoms with Crippen LogP contribution in [0.1, 0.15) is 16.1 Å². The summed E-state index contributed by atoms with van der Waals surface area (Å²) in [5, 5.41) is 1.92. The molecule has 7 heteroatoms. The first-order chi connectivity index (χ1) is 15.2. The maximum atomic E-state index is 12.8. The molecular weight excluding hydrogens is 412 g/mol. The smallest absolute Gasteiger partial charge is 0.204 e. The second-order valence-corrected chi connectivity index (χ2v) is 8.24. The number of pyridine rings is 1. The molecule has 0 radical (unpaired) electrons. The van der Waals surface area contributed by atoms with Crippen molar-refractivity contribution in [2.75, 3.05) is 31.2 Å². The largest absolute Gasteiger partial charge is 0.439 e. The molecule has 31 heavy (non-hydrogen) atoms. The molecule has 1 saturated heterocycles. The molecule has 0 saturated carbocycles. The Morgan fingerprint density at radius 1 is 1.10 bits per heavy atom. The lowest BCUT2D eigenvalue weighted by Gasteiger charge is -2.27. The lowest BCUT2D eigenvalue weighted by molar-refractivity contribution is 0.0992. The normalized spacial score (nSPS) is 14.1. The molecule has 1 aromatic carbocycles. The van der Waals surface area contributed by atoms with Gasteiger partial charge in [0, 0.05) is 47.6 Å². The third-order valence-electron chi connectivity index (χ3n) is 5.32. The number of rotatable bonds is 5. The number of hydrogen-bond acceptors (Lipinski definition) is 7. The number of benzene rings is 1. The second-order valence-electron chi connectivity index (χ2n) is 7.36. The highest BCUT2D eigenvalue weighted by Crippen LogP contribution is 2.35. The van der Waals surface area contributed by atoms with E-state index in [1.165, 1.54) is 11.3 Å². The first-order valence-electron chi connectivity index (χ1n) is 10.1. The molecule has 1 aliphatic heterocycles. The monoisotopic (exact) mass is 432 g/mol. The number of Topliss-reactive ketones (excluding diaryl/α,β-unsaturated/α-hetero) is 1. The Morgan fingerprint density at radius 2 is 1.97 bits per heavy atom. The topological polar surface area (TPSA) is 72.6 Å². The SMILES string of the molecule is O=C(Cc1ccccn1)c1cccc(-c2csc3c(=O)cc(N4CCOCC4)oc23)c1. The highest BCUT2D eigenvalue weighted by atomic mass is 32.1. The van der Waals surface area contributed by atoms with Crippen molar-refractivity contribution >= 4 is 33.3 Å². The van der Waals surface area contributed by atoms with Crippen LogP contribution < -0.4 is 10.3 Å². The van der Waals surface area contributed by atoms with Gasteiger partial charge in [0.1, 0.15) is 4.70 Å². The van der Waals surface area contributed by atoms with Crippen LogP contribution in [0.2, 0.25) is 0 Å². The number of ketones is 1. The summed E-state index contributed by atoms with van der Waals surface area (Å²) in [4.78, 5) is 31.7. The van der Waals surface area contributed by atoms with Crippen LogP contribution in [-0.4, -0.2) is 37.1 Å². The molecule has 0 bridgehead atoms. The van der Waals surface area contributed by atoms with E-state index in [4.69, 9.17) is 9.15 Å². The van der Waals surface area contributed by atoms with Gasteiger partial charge in [-0.05, 0) is 23.8 Å². The Hall–Kier alpha value is -3.29. The van der Waals surface area contributed by atoms with E-state index < -0.39 is 0 Å². The van der Waals surface area contributed by atoms with Gasteiger partial charge in [-0.15, -0.1) is 11.3 Å². The summed E-state index contributed by atoms with van der Waals surface area (Å²) in [7, 11) is 0. The minimum atomic E-state index is -0.0543. The summed E-state index contributed by atoms with van der Waals surface area (Å²) in [6.45, 7) is 2.59. The quantitative estimate of drug-likeness (QED) is 0.441. The van der Waals surface area contributed by atoms with Crippen LogP contribution in [0.15, 0.2) is 69.3 Å². The van der Waals surface area contributed by atoms with Gasteiger partial charge in [-0.25, -0.2) is 0 Å². The number of anilines is 1. The first kappa shape index (κ1) is 19.7. The minimum absolute atomic E-state index is 0.00413. The van der Waals surface area contributed by atoms with Crippen molar-refractivity contribution in [1.29, 1.82) is 0 Å². The molecule has 0 unspecified atom stereocenters. The van der Waals surface area contributed by atoms with Crippen molar-refractivity contribution in [2.45, 2.75) is 6.42 Å². The predicted molar refractivity (Wildman–Crippen MR) is 121 cm³/mol. The number of nitrogens with zero attached hydrogens (tertiary/aromatic N) is 2. The molecule has 156 valence electrons. The number of morpholine rings is 1. The van der Waals surface area contributed by atoms with E-state index in [2.05, 4.69) is 4.98 Å². The average molecular weight is 433 g/mol. The van der Waals surface area contributed by atoms with Crippen molar-refractivity contribution in [3.63, 3.8) is 0 Å². The summed E-state index contributed by atoms with van der Waals surface area (Å²) in [6.07, 6.45) is 1.93. The van der Waals surface area contributed by atoms with Gasteiger partial charge in [-0.3, -0.25) is 14.6 Å². The standard InChI is InChI=1S/C24H20N2O4S/c27-20(13-18-6-1-2-7-25-18)17-5-3-4-16(12-17)19-15-31-24-21(28)14-22(30-23(19)24)26-8-10-29-11-9-26/h1-7,12,14-15H,8-11,13H2. The third kappa shape index (κ3) is 4.02. The van der Waals surface area contributed by atoms with Crippen LogP contribution in [0, 0.1) is 0 Å². The van der Waals surface area contributed by atoms with Gasteiger partial charge in [-0.1, -0.05) is 24.3 Å². The highest BCUT2D eigenvalue weighted by Gasteiger charge is 2.19. The predicted octanol–water partition coefficient (Wildman–Crippen LogP) is 4.18. The van der Waals surface area contributed by atoms with Gasteiger partial charge < -0.3 is 14.1 Å². The van der Waals surface area contributed by atoms with Crippen LogP contribution in [-0.2, 0) is 11.2 Å². The van der Waals surface area contributed by atoms with Crippen LogP contribution >= 0.6 is 11.3 Å². The number of carbonyl (C=O) groups is 1. The van der Waals surface area contributed by atoms with Crippen LogP contribution in [0.5, 0.6) is 0 Å². The number of fused-ring (bicyclic) bond motifs is 1. The number of thiophene rings is 1. The van der Waals surface area contributed by atoms with Gasteiger partial charge in [0.05, 0.1) is 19.6 Å². The fourth-order valence-electron chi connectivity index (χ4n) is 3.70. The number of hydrogen-bond donors (Lipinski definition) is 0. The molecule has 5 rings (SSSR count). The summed E-state index contributed by atoms with van der Waals surface area (Å²) >= 11 is 1.36. The third-order valence-corrected chi connectivity index (χ3v) is 6.29. The molecule has 0 atom stereocenters. The Balaban J connectivity index is 1.50. The van der Waals surface area contributed by atoms with E-state index in [9.17, 15) is 9.59 Å². The fourth-order valence-corrected chi connectivity index (χ4v) is 4.61. The molecule has 1 aliphatic rings. The van der Waals surface area contributed by atoms with E-state index in [0.717, 1.165) is 16.8 Å². The van der Waals surface area contributed by atoms with Crippen LogP contribution in [0.4, 0.5) is 5.88 Å². The van der Waals surface area contributed by atoms with Crippen molar-refractivity contribution in [3.8, 4) is 11.1 Å². The Bertz CT molecular complexity index is 1290. The lowest BCUT2D eigenvalue weighted by atomic mass is 10.0. The van der Waals surface area contributed by atoms with E-state index in [1.807, 2.05) is 46.7 Å². The number of aromatic nitrogens is 1. The average Bonchev–Trinajstić information content (AvgIpc) is 3.25. The van der Waals surface area contributed by atoms with Gasteiger partial charge in [-0.2, -0.15) is 0 Å². The zero-order valence-electron chi connectivity index (χ0n) is 16.7. The van der Waals surface area contributed by atoms with Crippen molar-refractivity contribution in [1.82, 2.24) is 4.98 Å². The molecule has 0 N–H and O–H groups in total. The van der Waals surface area contributed by atoms with E-state index in [-0.39, 0.29) is 17.6 Å².